The van der Waals surface area contributed by atoms with Crippen LogP contribution >= 0.6 is 23.2 Å². The van der Waals surface area contributed by atoms with E-state index in [9.17, 15) is 22.8 Å². The van der Waals surface area contributed by atoms with Crippen molar-refractivity contribution >= 4 is 46.9 Å². The van der Waals surface area contributed by atoms with Gasteiger partial charge >= 0.3 is 6.18 Å². The summed E-state index contributed by atoms with van der Waals surface area (Å²) in [5, 5.41) is 6.40. The number of amides is 2. The van der Waals surface area contributed by atoms with Crippen LogP contribution in [-0.2, 0) is 11.0 Å². The van der Waals surface area contributed by atoms with Crippen molar-refractivity contribution in [3.05, 3.63) is 64.0 Å². The van der Waals surface area contributed by atoms with E-state index >= 15 is 0 Å². The molecule has 8 nitrogen and oxygen atoms in total. The van der Waals surface area contributed by atoms with Gasteiger partial charge in [0.05, 0.1) is 21.4 Å². The topological polar surface area (TPSA) is 106 Å². The van der Waals surface area contributed by atoms with Crippen LogP contribution in [0.15, 0.2) is 42.6 Å². The van der Waals surface area contributed by atoms with Crippen LogP contribution in [0.2, 0.25) is 10.0 Å². The summed E-state index contributed by atoms with van der Waals surface area (Å²) in [4.78, 5) is 27.7. The number of pyridine rings is 1. The van der Waals surface area contributed by atoms with Gasteiger partial charge < -0.3 is 5.32 Å². The predicted molar refractivity (Wildman–Crippen MR) is 104 cm³/mol. The minimum absolute atomic E-state index is 0.00358. The second-order valence-electron chi connectivity index (χ2n) is 5.73. The lowest BCUT2D eigenvalue weighted by atomic mass is 10.2. The van der Waals surface area contributed by atoms with Gasteiger partial charge in [0.2, 0.25) is 6.41 Å². The molecule has 0 unspecified atom stereocenters. The molecule has 0 aliphatic rings. The largest absolute Gasteiger partial charge is 0.435 e. The van der Waals surface area contributed by atoms with E-state index in [0.29, 0.717) is 15.8 Å². The van der Waals surface area contributed by atoms with Crippen LogP contribution in [0, 0.1) is 0 Å². The maximum Gasteiger partial charge on any atom is 0.435 e. The van der Waals surface area contributed by atoms with Crippen molar-refractivity contribution in [2.24, 2.45) is 5.84 Å². The molecule has 2 amide bonds. The summed E-state index contributed by atoms with van der Waals surface area (Å²) in [7, 11) is 0. The predicted octanol–water partition coefficient (Wildman–Crippen LogP) is 3.68. The summed E-state index contributed by atoms with van der Waals surface area (Å²) in [6.45, 7) is 0. The van der Waals surface area contributed by atoms with Crippen molar-refractivity contribution in [1.29, 1.82) is 0 Å². The number of hydrogen-bond acceptors (Lipinski definition) is 5. The second kappa shape index (κ2) is 8.30. The molecular weight excluding hydrogens is 448 g/mol. The number of hydrogen-bond donors (Lipinski definition) is 2. The monoisotopic (exact) mass is 458 g/mol. The highest BCUT2D eigenvalue weighted by atomic mass is 35.5. The second-order valence-corrected chi connectivity index (χ2v) is 6.55. The lowest BCUT2D eigenvalue weighted by Gasteiger charge is -2.17. The summed E-state index contributed by atoms with van der Waals surface area (Å²) in [6, 6.07) is 7.62. The Labute approximate surface area is 177 Å². The van der Waals surface area contributed by atoms with Crippen molar-refractivity contribution in [2.75, 3.05) is 10.3 Å². The van der Waals surface area contributed by atoms with Gasteiger partial charge in [-0.3, -0.25) is 9.59 Å². The fourth-order valence-corrected chi connectivity index (χ4v) is 2.88. The maximum absolute atomic E-state index is 13.2. The molecule has 0 saturated heterocycles. The van der Waals surface area contributed by atoms with E-state index in [4.69, 9.17) is 29.0 Å². The van der Waals surface area contributed by atoms with Crippen LogP contribution < -0.4 is 16.2 Å². The number of aromatic nitrogens is 3. The van der Waals surface area contributed by atoms with Crippen LogP contribution in [0.1, 0.15) is 16.2 Å². The van der Waals surface area contributed by atoms with Crippen molar-refractivity contribution in [1.82, 2.24) is 14.8 Å². The summed E-state index contributed by atoms with van der Waals surface area (Å²) >= 11 is 12.1. The molecule has 30 heavy (non-hydrogen) atoms. The maximum atomic E-state index is 13.2. The molecule has 0 fully saturated rings. The van der Waals surface area contributed by atoms with Crippen LogP contribution in [0.5, 0.6) is 0 Å². The quantitative estimate of drug-likeness (QED) is 0.262. The zero-order valence-electron chi connectivity index (χ0n) is 14.7. The molecule has 3 rings (SSSR count). The molecule has 0 radical (unpaired) electrons. The Morgan fingerprint density at radius 1 is 1.20 bits per heavy atom. The molecule has 3 N–H and O–H groups in total. The van der Waals surface area contributed by atoms with Crippen LogP contribution in [0.3, 0.4) is 0 Å². The highest BCUT2D eigenvalue weighted by molar-refractivity contribution is 6.35. The minimum atomic E-state index is -4.83. The first-order valence-corrected chi connectivity index (χ1v) is 8.76. The van der Waals surface area contributed by atoms with E-state index in [1.165, 1.54) is 36.5 Å². The van der Waals surface area contributed by atoms with Crippen molar-refractivity contribution in [3.63, 3.8) is 0 Å². The highest BCUT2D eigenvalue weighted by Gasteiger charge is 2.36. The third kappa shape index (κ3) is 4.22. The molecule has 0 atom stereocenters. The minimum Gasteiger partial charge on any atom is -0.318 e. The van der Waals surface area contributed by atoms with Crippen molar-refractivity contribution < 1.29 is 22.8 Å². The first-order chi connectivity index (χ1) is 14.1. The van der Waals surface area contributed by atoms with Crippen molar-refractivity contribution in [2.45, 2.75) is 6.18 Å². The molecule has 0 spiro atoms. The van der Waals surface area contributed by atoms with E-state index < -0.39 is 23.5 Å². The normalized spacial score (nSPS) is 11.3. The van der Waals surface area contributed by atoms with E-state index in [-0.39, 0.29) is 33.6 Å². The molecule has 2 heterocycles. The van der Waals surface area contributed by atoms with Gasteiger partial charge in [0.15, 0.2) is 11.5 Å². The summed E-state index contributed by atoms with van der Waals surface area (Å²) in [5.74, 6) is 4.33. The number of rotatable bonds is 5. The number of halogens is 5. The van der Waals surface area contributed by atoms with Crippen molar-refractivity contribution in [3.8, 4) is 5.82 Å². The standard InChI is InChI=1S/C17H11Cl2F3N6O2/c18-9-3-1-5-11(27(23)8-29)14(9)25-16(30)12-7-13(17(20,21)22)26-28(12)15-10(19)4-2-6-24-15/h1-8H,23H2,(H,25,30). The molecule has 0 saturated carbocycles. The van der Waals surface area contributed by atoms with Gasteiger partial charge in [-0.1, -0.05) is 29.3 Å². The number of carbonyl (C=O) groups excluding carboxylic acids is 2. The molecule has 2 aromatic heterocycles. The molecule has 1 aromatic carbocycles. The molecule has 13 heteroatoms. The Morgan fingerprint density at radius 3 is 2.53 bits per heavy atom. The number of nitrogens with one attached hydrogen (secondary N) is 1. The molecular formula is C17H11Cl2F3N6O2. The Kier molecular flexibility index (Phi) is 5.97. The Bertz CT molecular complexity index is 1120. The lowest BCUT2D eigenvalue weighted by molar-refractivity contribution is -0.141. The highest BCUT2D eigenvalue weighted by Crippen LogP contribution is 2.34. The average molecular weight is 459 g/mol. The number of para-hydroxylation sites is 1. The summed E-state index contributed by atoms with van der Waals surface area (Å²) < 4.78 is 40.3. The number of nitrogens with zero attached hydrogens (tertiary/aromatic N) is 4. The van der Waals surface area contributed by atoms with Crippen LogP contribution in [0.25, 0.3) is 5.82 Å². The van der Waals surface area contributed by atoms with Gasteiger partial charge in [-0.2, -0.15) is 18.3 Å². The molecule has 0 aliphatic carbocycles. The van der Waals surface area contributed by atoms with Gasteiger partial charge in [-0.05, 0) is 24.3 Å². The third-order valence-corrected chi connectivity index (χ3v) is 4.40. The Morgan fingerprint density at radius 2 is 1.90 bits per heavy atom. The molecule has 3 aromatic rings. The van der Waals surface area contributed by atoms with Gasteiger partial charge in [-0.25, -0.2) is 20.5 Å². The number of anilines is 2. The van der Waals surface area contributed by atoms with E-state index in [1.54, 1.807) is 0 Å². The van der Waals surface area contributed by atoms with Crippen LogP contribution in [-0.4, -0.2) is 27.1 Å². The first-order valence-electron chi connectivity index (χ1n) is 8.00. The van der Waals surface area contributed by atoms with Gasteiger partial charge in [-0.15, -0.1) is 0 Å². The van der Waals surface area contributed by atoms with E-state index in [2.05, 4.69) is 15.4 Å². The SMILES string of the molecule is NN(C=O)c1cccc(Cl)c1NC(=O)c1cc(C(F)(F)F)nn1-c1ncccc1Cl. The smallest absolute Gasteiger partial charge is 0.318 e. The average Bonchev–Trinajstić information content (AvgIpc) is 3.15. The lowest BCUT2D eigenvalue weighted by Crippen LogP contribution is -2.30. The summed E-state index contributed by atoms with van der Waals surface area (Å²) in [5.41, 5.74) is -1.93. The number of benzene rings is 1. The number of carbonyl (C=O) groups is 2. The molecule has 0 bridgehead atoms. The molecule has 156 valence electrons. The zero-order chi connectivity index (χ0) is 22.1. The van der Waals surface area contributed by atoms with Gasteiger partial charge in [0, 0.05) is 12.3 Å². The number of hydrazine groups is 1. The zero-order valence-corrected chi connectivity index (χ0v) is 16.2. The van der Waals surface area contributed by atoms with E-state index in [1.807, 2.05) is 0 Å². The number of nitrogens with two attached hydrogens (primary N) is 1. The summed E-state index contributed by atoms with van der Waals surface area (Å²) in [6.07, 6.45) is -3.29. The van der Waals surface area contributed by atoms with Crippen LogP contribution in [0.4, 0.5) is 24.5 Å². The third-order valence-electron chi connectivity index (χ3n) is 3.79. The first kappa shape index (κ1) is 21.6. The Hall–Kier alpha value is -3.15. The fraction of sp³-hybridized carbons (Fsp3) is 0.0588. The molecule has 0 aliphatic heterocycles. The fourth-order valence-electron chi connectivity index (χ4n) is 2.46. The Balaban J connectivity index is 2.11. The number of alkyl halides is 3. The van der Waals surface area contributed by atoms with Gasteiger partial charge in [0.1, 0.15) is 5.69 Å². The van der Waals surface area contributed by atoms with Gasteiger partial charge in [0.25, 0.3) is 5.91 Å². The van der Waals surface area contributed by atoms with E-state index in [0.717, 1.165) is 0 Å².